The van der Waals surface area contributed by atoms with Crippen LogP contribution in [-0.4, -0.2) is 28.9 Å². The van der Waals surface area contributed by atoms with Crippen molar-refractivity contribution in [3.8, 4) is 0 Å². The number of anilines is 1. The third-order valence-corrected chi connectivity index (χ3v) is 3.26. The minimum absolute atomic E-state index is 0.0652. The summed E-state index contributed by atoms with van der Waals surface area (Å²) in [7, 11) is 0. The summed E-state index contributed by atoms with van der Waals surface area (Å²) in [6.45, 7) is 6.37. The van der Waals surface area contributed by atoms with E-state index < -0.39 is 0 Å². The second-order valence-corrected chi connectivity index (χ2v) is 4.77. The maximum Gasteiger partial charge on any atom is 0.228 e. The molecule has 1 aromatic rings. The minimum Gasteiger partial charge on any atom is -0.381 e. The quantitative estimate of drug-likeness (QED) is 0.890. The zero-order valence-corrected chi connectivity index (χ0v) is 11.1. The first-order valence-corrected chi connectivity index (χ1v) is 6.63. The lowest BCUT2D eigenvalue weighted by Crippen LogP contribution is -2.28. The Morgan fingerprint density at radius 1 is 1.56 bits per heavy atom. The summed E-state index contributed by atoms with van der Waals surface area (Å²) in [4.78, 5) is 12.0. The Morgan fingerprint density at radius 2 is 2.28 bits per heavy atom. The van der Waals surface area contributed by atoms with Crippen LogP contribution in [0.15, 0.2) is 6.07 Å². The molecule has 0 unspecified atom stereocenters. The van der Waals surface area contributed by atoms with Crippen molar-refractivity contribution < 1.29 is 9.53 Å². The SMILES string of the molecule is CCCn1nc(NC(=O)C2CCOCC2)cc1C. The molecule has 0 radical (unpaired) electrons. The number of nitrogens with zero attached hydrogens (tertiary/aromatic N) is 2. The van der Waals surface area contributed by atoms with Gasteiger partial charge in [0.2, 0.25) is 5.91 Å². The number of carbonyl (C=O) groups is 1. The fourth-order valence-electron chi connectivity index (χ4n) is 2.20. The van der Waals surface area contributed by atoms with Crippen molar-refractivity contribution in [3.63, 3.8) is 0 Å². The molecule has 2 heterocycles. The van der Waals surface area contributed by atoms with Gasteiger partial charge >= 0.3 is 0 Å². The molecule has 18 heavy (non-hydrogen) atoms. The normalized spacial score (nSPS) is 16.8. The van der Waals surface area contributed by atoms with Gasteiger partial charge < -0.3 is 10.1 Å². The molecule has 0 aliphatic carbocycles. The lowest BCUT2D eigenvalue weighted by molar-refractivity contribution is -0.122. The van der Waals surface area contributed by atoms with Crippen LogP contribution in [0.5, 0.6) is 0 Å². The predicted molar refractivity (Wildman–Crippen MR) is 69.4 cm³/mol. The average molecular weight is 251 g/mol. The molecule has 1 amide bonds. The van der Waals surface area contributed by atoms with E-state index in [1.807, 2.05) is 17.7 Å². The van der Waals surface area contributed by atoms with E-state index in [4.69, 9.17) is 4.74 Å². The third kappa shape index (κ3) is 3.10. The molecular formula is C13H21N3O2. The zero-order chi connectivity index (χ0) is 13.0. The number of aryl methyl sites for hydroxylation is 2. The molecule has 0 spiro atoms. The lowest BCUT2D eigenvalue weighted by atomic mass is 9.99. The van der Waals surface area contributed by atoms with Gasteiger partial charge in [0.15, 0.2) is 5.82 Å². The van der Waals surface area contributed by atoms with Gasteiger partial charge in [0, 0.05) is 37.4 Å². The van der Waals surface area contributed by atoms with E-state index in [0.29, 0.717) is 19.0 Å². The van der Waals surface area contributed by atoms with Crippen LogP contribution in [0.25, 0.3) is 0 Å². The van der Waals surface area contributed by atoms with Crippen molar-refractivity contribution in [2.75, 3.05) is 18.5 Å². The number of rotatable bonds is 4. The number of hydrogen-bond acceptors (Lipinski definition) is 3. The number of amides is 1. The Hall–Kier alpha value is -1.36. The van der Waals surface area contributed by atoms with Crippen molar-refractivity contribution >= 4 is 11.7 Å². The summed E-state index contributed by atoms with van der Waals surface area (Å²) in [6, 6.07) is 1.92. The molecule has 0 bridgehead atoms. The van der Waals surface area contributed by atoms with Gasteiger partial charge in [-0.25, -0.2) is 0 Å². The Kier molecular flexibility index (Phi) is 4.36. The summed E-state index contributed by atoms with van der Waals surface area (Å²) in [5.41, 5.74) is 1.08. The van der Waals surface area contributed by atoms with Crippen LogP contribution in [0.4, 0.5) is 5.82 Å². The highest BCUT2D eigenvalue weighted by atomic mass is 16.5. The Labute approximate surface area is 108 Å². The molecule has 0 aromatic carbocycles. The van der Waals surface area contributed by atoms with Crippen molar-refractivity contribution in [2.24, 2.45) is 5.92 Å². The average Bonchev–Trinajstić information content (AvgIpc) is 2.71. The van der Waals surface area contributed by atoms with Gasteiger partial charge in [0.05, 0.1) is 0 Å². The maximum absolute atomic E-state index is 12.0. The molecule has 5 heteroatoms. The fourth-order valence-corrected chi connectivity index (χ4v) is 2.20. The van der Waals surface area contributed by atoms with Crippen molar-refractivity contribution in [1.82, 2.24) is 9.78 Å². The Balaban J connectivity index is 1.95. The molecule has 1 fully saturated rings. The predicted octanol–water partition coefficient (Wildman–Crippen LogP) is 1.97. The molecule has 1 N–H and O–H groups in total. The smallest absolute Gasteiger partial charge is 0.228 e. The first kappa shape index (κ1) is 13.1. The highest BCUT2D eigenvalue weighted by molar-refractivity contribution is 5.91. The summed E-state index contributed by atoms with van der Waals surface area (Å²) in [5, 5.41) is 7.29. The second-order valence-electron chi connectivity index (χ2n) is 4.77. The van der Waals surface area contributed by atoms with Crippen LogP contribution in [0.3, 0.4) is 0 Å². The van der Waals surface area contributed by atoms with E-state index in [2.05, 4.69) is 17.3 Å². The minimum atomic E-state index is 0.0652. The molecule has 2 rings (SSSR count). The summed E-state index contributed by atoms with van der Waals surface area (Å²) >= 11 is 0. The summed E-state index contributed by atoms with van der Waals surface area (Å²) in [5.74, 6) is 0.798. The van der Waals surface area contributed by atoms with E-state index in [0.717, 1.165) is 31.5 Å². The zero-order valence-electron chi connectivity index (χ0n) is 11.1. The number of nitrogens with one attached hydrogen (secondary N) is 1. The second kappa shape index (κ2) is 6.00. The summed E-state index contributed by atoms with van der Waals surface area (Å²) < 4.78 is 7.19. The van der Waals surface area contributed by atoms with E-state index >= 15 is 0 Å². The van der Waals surface area contributed by atoms with Gasteiger partial charge in [-0.3, -0.25) is 9.48 Å². The lowest BCUT2D eigenvalue weighted by Gasteiger charge is -2.20. The molecule has 5 nitrogen and oxygen atoms in total. The number of ether oxygens (including phenoxy) is 1. The summed E-state index contributed by atoms with van der Waals surface area (Å²) in [6.07, 6.45) is 2.65. The van der Waals surface area contributed by atoms with Crippen molar-refractivity contribution in [3.05, 3.63) is 11.8 Å². The van der Waals surface area contributed by atoms with Crippen LogP contribution < -0.4 is 5.32 Å². The third-order valence-electron chi connectivity index (χ3n) is 3.26. The van der Waals surface area contributed by atoms with E-state index in [1.165, 1.54) is 0 Å². The van der Waals surface area contributed by atoms with Gasteiger partial charge in [-0.05, 0) is 26.2 Å². The molecule has 100 valence electrons. The highest BCUT2D eigenvalue weighted by Gasteiger charge is 2.22. The van der Waals surface area contributed by atoms with Gasteiger partial charge in [0.1, 0.15) is 0 Å². The standard InChI is InChI=1S/C13H21N3O2/c1-3-6-16-10(2)9-12(15-16)14-13(17)11-4-7-18-8-5-11/h9,11H,3-8H2,1-2H3,(H,14,15,17). The first-order valence-electron chi connectivity index (χ1n) is 6.63. The van der Waals surface area contributed by atoms with Crippen LogP contribution >= 0.6 is 0 Å². The number of aromatic nitrogens is 2. The van der Waals surface area contributed by atoms with Crippen molar-refractivity contribution in [2.45, 2.75) is 39.7 Å². The Bertz CT molecular complexity index is 408. The molecule has 1 aliphatic rings. The molecule has 0 atom stereocenters. The van der Waals surface area contributed by atoms with E-state index in [9.17, 15) is 4.79 Å². The van der Waals surface area contributed by atoms with Gasteiger partial charge in [-0.2, -0.15) is 5.10 Å². The van der Waals surface area contributed by atoms with Crippen LogP contribution in [0.2, 0.25) is 0 Å². The maximum atomic E-state index is 12.0. The number of hydrogen-bond donors (Lipinski definition) is 1. The van der Waals surface area contributed by atoms with Crippen molar-refractivity contribution in [1.29, 1.82) is 0 Å². The highest BCUT2D eigenvalue weighted by Crippen LogP contribution is 2.17. The molecule has 1 saturated heterocycles. The monoisotopic (exact) mass is 251 g/mol. The van der Waals surface area contributed by atoms with Crippen LogP contribution in [0, 0.1) is 12.8 Å². The fraction of sp³-hybridized carbons (Fsp3) is 0.692. The van der Waals surface area contributed by atoms with Gasteiger partial charge in [-0.1, -0.05) is 6.92 Å². The number of carbonyl (C=O) groups excluding carboxylic acids is 1. The van der Waals surface area contributed by atoms with E-state index in [-0.39, 0.29) is 11.8 Å². The van der Waals surface area contributed by atoms with Crippen LogP contribution in [-0.2, 0) is 16.1 Å². The largest absolute Gasteiger partial charge is 0.381 e. The van der Waals surface area contributed by atoms with Gasteiger partial charge in [-0.15, -0.1) is 0 Å². The molecule has 1 aliphatic heterocycles. The molecule has 1 aromatic heterocycles. The Morgan fingerprint density at radius 3 is 2.94 bits per heavy atom. The topological polar surface area (TPSA) is 56.2 Å². The van der Waals surface area contributed by atoms with E-state index in [1.54, 1.807) is 0 Å². The first-order chi connectivity index (χ1) is 8.70. The van der Waals surface area contributed by atoms with Gasteiger partial charge in [0.25, 0.3) is 0 Å². The molecule has 0 saturated carbocycles. The molecular weight excluding hydrogens is 230 g/mol. The van der Waals surface area contributed by atoms with Crippen LogP contribution in [0.1, 0.15) is 31.9 Å².